The summed E-state index contributed by atoms with van der Waals surface area (Å²) in [4.78, 5) is 27.9. The zero-order valence-electron chi connectivity index (χ0n) is 18.7. The van der Waals surface area contributed by atoms with Gasteiger partial charge in [-0.3, -0.25) is 9.59 Å². The number of rotatable bonds is 7. The summed E-state index contributed by atoms with van der Waals surface area (Å²) in [5, 5.41) is 2.77. The molecule has 0 saturated carbocycles. The van der Waals surface area contributed by atoms with Gasteiger partial charge in [0.1, 0.15) is 17.7 Å². The quantitative estimate of drug-likeness (QED) is 0.563. The van der Waals surface area contributed by atoms with Crippen molar-refractivity contribution in [3.8, 4) is 0 Å². The maximum absolute atomic E-state index is 14.0. The normalized spacial score (nSPS) is 16.0. The largest absolute Gasteiger partial charge is 0.350 e. The summed E-state index contributed by atoms with van der Waals surface area (Å²) in [5.41, 5.74) is 8.98. The Morgan fingerprint density at radius 3 is 2.18 bits per heavy atom. The Hall–Kier alpha value is -3.58. The second-order valence-corrected chi connectivity index (χ2v) is 8.58. The van der Waals surface area contributed by atoms with Gasteiger partial charge in [-0.2, -0.15) is 0 Å². The summed E-state index contributed by atoms with van der Waals surface area (Å²) in [5.74, 6) is -1.38. The monoisotopic (exact) mass is 463 g/mol. The highest BCUT2D eigenvalue weighted by molar-refractivity contribution is 5.88. The second-order valence-electron chi connectivity index (χ2n) is 8.58. The predicted molar refractivity (Wildman–Crippen MR) is 125 cm³/mol. The van der Waals surface area contributed by atoms with E-state index in [1.807, 2.05) is 24.3 Å². The van der Waals surface area contributed by atoms with Crippen molar-refractivity contribution < 1.29 is 18.4 Å². The molecule has 2 atom stereocenters. The third-order valence-electron chi connectivity index (χ3n) is 6.16. The Morgan fingerprint density at radius 1 is 0.912 bits per heavy atom. The number of hydrogen-bond donors (Lipinski definition) is 2. The van der Waals surface area contributed by atoms with E-state index in [0.717, 1.165) is 11.1 Å². The molecule has 1 aliphatic rings. The molecule has 0 spiro atoms. The molecule has 0 aromatic heterocycles. The van der Waals surface area contributed by atoms with Gasteiger partial charge in [-0.15, -0.1) is 0 Å². The minimum absolute atomic E-state index is 0.0202. The fraction of sp³-hybridized carbons (Fsp3) is 0.259. The van der Waals surface area contributed by atoms with E-state index in [-0.39, 0.29) is 43.6 Å². The van der Waals surface area contributed by atoms with Gasteiger partial charge in [0, 0.05) is 37.5 Å². The maximum atomic E-state index is 14.0. The number of fused-ring (bicyclic) bond motifs is 1. The van der Waals surface area contributed by atoms with Crippen LogP contribution in [0, 0.1) is 11.6 Å². The molecule has 4 rings (SSSR count). The molecule has 7 heteroatoms. The molecule has 3 N–H and O–H groups in total. The van der Waals surface area contributed by atoms with E-state index >= 15 is 0 Å². The van der Waals surface area contributed by atoms with Crippen LogP contribution in [-0.4, -0.2) is 28.8 Å². The van der Waals surface area contributed by atoms with Crippen molar-refractivity contribution in [2.24, 2.45) is 5.73 Å². The number of benzene rings is 3. The molecule has 0 unspecified atom stereocenters. The van der Waals surface area contributed by atoms with Crippen LogP contribution in [0.25, 0.3) is 0 Å². The molecule has 0 radical (unpaired) electrons. The molecule has 1 heterocycles. The molecule has 0 fully saturated rings. The molecule has 0 bridgehead atoms. The van der Waals surface area contributed by atoms with Crippen molar-refractivity contribution in [3.05, 3.63) is 107 Å². The van der Waals surface area contributed by atoms with Crippen LogP contribution in [0.1, 0.15) is 28.7 Å². The Morgan fingerprint density at radius 2 is 1.50 bits per heavy atom. The summed E-state index contributed by atoms with van der Waals surface area (Å²) in [6.45, 7) is 0.303. The number of halogens is 2. The lowest BCUT2D eigenvalue weighted by Crippen LogP contribution is -2.53. The fourth-order valence-corrected chi connectivity index (χ4v) is 4.32. The topological polar surface area (TPSA) is 75.4 Å². The number of nitrogens with two attached hydrogens (primary N) is 1. The standard InChI is InChI=1S/C27H27F2N3O2/c28-23-11-5-3-8-19(23)13-22(30)15-26(33)32-17-21-10-2-1-7-18(21)14-25(32)27(34)31-16-20-9-4-6-12-24(20)29/h1-12,22,25H,13-17,30H2,(H,31,34)/t22-,25+/m1/s1. The number of nitrogens with zero attached hydrogens (tertiary/aromatic N) is 1. The van der Waals surface area contributed by atoms with Crippen LogP contribution >= 0.6 is 0 Å². The predicted octanol–water partition coefficient (Wildman–Crippen LogP) is 3.49. The van der Waals surface area contributed by atoms with E-state index in [1.54, 1.807) is 36.4 Å². The van der Waals surface area contributed by atoms with Gasteiger partial charge >= 0.3 is 0 Å². The molecule has 0 aliphatic carbocycles. The zero-order chi connectivity index (χ0) is 24.1. The van der Waals surface area contributed by atoms with Crippen molar-refractivity contribution in [2.75, 3.05) is 0 Å². The van der Waals surface area contributed by atoms with E-state index in [9.17, 15) is 18.4 Å². The number of amides is 2. The van der Waals surface area contributed by atoms with E-state index in [1.165, 1.54) is 17.0 Å². The van der Waals surface area contributed by atoms with Crippen LogP contribution in [0.3, 0.4) is 0 Å². The SMILES string of the molecule is N[C@@H](CC(=O)N1Cc2ccccc2C[C@H]1C(=O)NCc1ccccc1F)Cc1ccccc1F. The molecule has 5 nitrogen and oxygen atoms in total. The van der Waals surface area contributed by atoms with Crippen LogP contribution in [0.5, 0.6) is 0 Å². The summed E-state index contributed by atoms with van der Waals surface area (Å²) >= 11 is 0. The first-order chi connectivity index (χ1) is 16.4. The third-order valence-corrected chi connectivity index (χ3v) is 6.16. The van der Waals surface area contributed by atoms with Gasteiger partial charge in [0.15, 0.2) is 0 Å². The van der Waals surface area contributed by atoms with E-state index in [0.29, 0.717) is 17.5 Å². The highest BCUT2D eigenvalue weighted by Gasteiger charge is 2.35. The first-order valence-corrected chi connectivity index (χ1v) is 11.3. The molecule has 176 valence electrons. The first-order valence-electron chi connectivity index (χ1n) is 11.3. The first kappa shape index (κ1) is 23.6. The lowest BCUT2D eigenvalue weighted by Gasteiger charge is -2.36. The second kappa shape index (κ2) is 10.6. The molecule has 1 aliphatic heterocycles. The van der Waals surface area contributed by atoms with Crippen LogP contribution < -0.4 is 11.1 Å². The average molecular weight is 464 g/mol. The molecular formula is C27H27F2N3O2. The molecule has 3 aromatic carbocycles. The van der Waals surface area contributed by atoms with Crippen LogP contribution in [0.4, 0.5) is 8.78 Å². The fourth-order valence-electron chi connectivity index (χ4n) is 4.32. The van der Waals surface area contributed by atoms with Gasteiger partial charge in [0.25, 0.3) is 0 Å². The number of nitrogens with one attached hydrogen (secondary N) is 1. The minimum atomic E-state index is -0.741. The molecule has 34 heavy (non-hydrogen) atoms. The van der Waals surface area contributed by atoms with Gasteiger partial charge in [0.2, 0.25) is 11.8 Å². The Balaban J connectivity index is 1.48. The highest BCUT2D eigenvalue weighted by Crippen LogP contribution is 2.25. The number of hydrogen-bond acceptors (Lipinski definition) is 3. The zero-order valence-corrected chi connectivity index (χ0v) is 18.7. The average Bonchev–Trinajstić information content (AvgIpc) is 2.84. The Bertz CT molecular complexity index is 1180. The summed E-state index contributed by atoms with van der Waals surface area (Å²) in [6, 6.07) is 18.9. The van der Waals surface area contributed by atoms with Crippen molar-refractivity contribution in [1.82, 2.24) is 10.2 Å². The molecule has 0 saturated heterocycles. The molecular weight excluding hydrogens is 436 g/mol. The third kappa shape index (κ3) is 5.48. The van der Waals surface area contributed by atoms with Crippen molar-refractivity contribution >= 4 is 11.8 Å². The maximum Gasteiger partial charge on any atom is 0.243 e. The van der Waals surface area contributed by atoms with Crippen LogP contribution in [0.2, 0.25) is 0 Å². The van der Waals surface area contributed by atoms with Gasteiger partial charge in [-0.05, 0) is 35.2 Å². The van der Waals surface area contributed by atoms with Crippen LogP contribution in [-0.2, 0) is 35.5 Å². The molecule has 2 amide bonds. The van der Waals surface area contributed by atoms with E-state index in [4.69, 9.17) is 5.73 Å². The summed E-state index contributed by atoms with van der Waals surface area (Å²) in [6.07, 6.45) is 0.550. The highest BCUT2D eigenvalue weighted by atomic mass is 19.1. The Kier molecular flexibility index (Phi) is 7.33. The van der Waals surface area contributed by atoms with Gasteiger partial charge in [0.05, 0.1) is 0 Å². The number of carbonyl (C=O) groups is 2. The van der Waals surface area contributed by atoms with E-state index < -0.39 is 17.9 Å². The van der Waals surface area contributed by atoms with Crippen LogP contribution in [0.15, 0.2) is 72.8 Å². The van der Waals surface area contributed by atoms with Crippen molar-refractivity contribution in [1.29, 1.82) is 0 Å². The van der Waals surface area contributed by atoms with Gasteiger partial charge < -0.3 is 16.0 Å². The van der Waals surface area contributed by atoms with Gasteiger partial charge in [-0.25, -0.2) is 8.78 Å². The molecule has 3 aromatic rings. The lowest BCUT2D eigenvalue weighted by atomic mass is 9.92. The van der Waals surface area contributed by atoms with Crippen molar-refractivity contribution in [3.63, 3.8) is 0 Å². The van der Waals surface area contributed by atoms with E-state index in [2.05, 4.69) is 5.32 Å². The van der Waals surface area contributed by atoms with Gasteiger partial charge in [-0.1, -0.05) is 60.7 Å². The van der Waals surface area contributed by atoms with Crippen molar-refractivity contribution in [2.45, 2.75) is 44.4 Å². The minimum Gasteiger partial charge on any atom is -0.350 e. The number of carbonyl (C=O) groups excluding carboxylic acids is 2. The Labute approximate surface area is 197 Å². The smallest absolute Gasteiger partial charge is 0.243 e. The lowest BCUT2D eigenvalue weighted by molar-refractivity contribution is -0.142. The summed E-state index contributed by atoms with van der Waals surface area (Å²) in [7, 11) is 0. The summed E-state index contributed by atoms with van der Waals surface area (Å²) < 4.78 is 28.0.